The van der Waals surface area contributed by atoms with Gasteiger partial charge >= 0.3 is 0 Å². The molecule has 3 heterocycles. The van der Waals surface area contributed by atoms with Crippen LogP contribution >= 0.6 is 0 Å². The van der Waals surface area contributed by atoms with Gasteiger partial charge in [-0.3, -0.25) is 19.7 Å². The molecule has 1 N–H and O–H groups in total. The Balaban J connectivity index is 1.63. The second-order valence-corrected chi connectivity index (χ2v) is 5.79. The van der Waals surface area contributed by atoms with Crippen LogP contribution in [0.1, 0.15) is 30.1 Å². The van der Waals surface area contributed by atoms with Crippen molar-refractivity contribution in [3.63, 3.8) is 0 Å². The third-order valence-electron chi connectivity index (χ3n) is 4.16. The Morgan fingerprint density at radius 2 is 2.04 bits per heavy atom. The minimum absolute atomic E-state index is 0.0517. The summed E-state index contributed by atoms with van der Waals surface area (Å²) in [6.45, 7) is 2.53. The smallest absolute Gasteiger partial charge is 0.242 e. The van der Waals surface area contributed by atoms with Crippen molar-refractivity contribution in [1.82, 2.24) is 20.2 Å². The number of carbonyl (C=O) groups excluding carboxylic acids is 1. The summed E-state index contributed by atoms with van der Waals surface area (Å²) in [5, 5.41) is 3.06. The molecule has 2 aromatic rings. The maximum Gasteiger partial charge on any atom is 0.242 e. The molecule has 1 amide bonds. The Labute approximate surface area is 136 Å². The van der Waals surface area contributed by atoms with Gasteiger partial charge in [0.05, 0.1) is 0 Å². The van der Waals surface area contributed by atoms with Gasteiger partial charge in [0.15, 0.2) is 0 Å². The van der Waals surface area contributed by atoms with Crippen molar-refractivity contribution >= 4 is 5.91 Å². The van der Waals surface area contributed by atoms with E-state index < -0.39 is 0 Å². The summed E-state index contributed by atoms with van der Waals surface area (Å²) < 4.78 is 0. The average molecular weight is 310 g/mol. The zero-order valence-corrected chi connectivity index (χ0v) is 13.2. The van der Waals surface area contributed by atoms with Gasteiger partial charge in [-0.25, -0.2) is 0 Å². The number of amides is 1. The third-order valence-corrected chi connectivity index (χ3v) is 4.16. The molecule has 0 radical (unpaired) electrons. The van der Waals surface area contributed by atoms with Crippen LogP contribution in [0.4, 0.5) is 0 Å². The SMILES string of the molecule is O=C(NCCc1ccccn1)C(c1cccnc1)N1CCCC1. The number of hydrogen-bond acceptors (Lipinski definition) is 4. The quantitative estimate of drug-likeness (QED) is 0.886. The highest BCUT2D eigenvalue weighted by molar-refractivity contribution is 5.83. The van der Waals surface area contributed by atoms with Crippen molar-refractivity contribution in [3.8, 4) is 0 Å². The Bertz CT molecular complexity index is 611. The molecule has 0 saturated carbocycles. The molecule has 120 valence electrons. The maximum atomic E-state index is 12.7. The minimum atomic E-state index is -0.241. The number of carbonyl (C=O) groups is 1. The monoisotopic (exact) mass is 310 g/mol. The minimum Gasteiger partial charge on any atom is -0.354 e. The van der Waals surface area contributed by atoms with E-state index in [0.29, 0.717) is 6.54 Å². The van der Waals surface area contributed by atoms with Gasteiger partial charge in [-0.1, -0.05) is 12.1 Å². The molecule has 1 saturated heterocycles. The molecule has 1 unspecified atom stereocenters. The number of aromatic nitrogens is 2. The highest BCUT2D eigenvalue weighted by Crippen LogP contribution is 2.24. The van der Waals surface area contributed by atoms with E-state index in [-0.39, 0.29) is 11.9 Å². The molecule has 0 spiro atoms. The van der Waals surface area contributed by atoms with E-state index in [1.807, 2.05) is 30.3 Å². The first-order valence-corrected chi connectivity index (χ1v) is 8.16. The second kappa shape index (κ2) is 7.83. The standard InChI is InChI=1S/C18H22N4O/c23-18(21-11-8-16-7-1-2-10-20-16)17(22-12-3-4-13-22)15-6-5-9-19-14-15/h1-2,5-7,9-10,14,17H,3-4,8,11-13H2,(H,21,23). The topological polar surface area (TPSA) is 58.1 Å². The lowest BCUT2D eigenvalue weighted by Crippen LogP contribution is -2.40. The summed E-state index contributed by atoms with van der Waals surface area (Å²) >= 11 is 0. The molecule has 5 nitrogen and oxygen atoms in total. The lowest BCUT2D eigenvalue weighted by Gasteiger charge is -2.26. The summed E-state index contributed by atoms with van der Waals surface area (Å²) in [7, 11) is 0. The lowest BCUT2D eigenvalue weighted by molar-refractivity contribution is -0.126. The van der Waals surface area contributed by atoms with E-state index in [2.05, 4.69) is 20.2 Å². The zero-order valence-electron chi connectivity index (χ0n) is 13.2. The predicted octanol–water partition coefficient (Wildman–Crippen LogP) is 1.97. The lowest BCUT2D eigenvalue weighted by atomic mass is 10.1. The average Bonchev–Trinajstić information content (AvgIpc) is 3.11. The Morgan fingerprint density at radius 1 is 1.17 bits per heavy atom. The molecule has 1 aliphatic rings. The number of nitrogens with zero attached hydrogens (tertiary/aromatic N) is 3. The van der Waals surface area contributed by atoms with Crippen molar-refractivity contribution in [1.29, 1.82) is 0 Å². The van der Waals surface area contributed by atoms with Crippen molar-refractivity contribution < 1.29 is 4.79 Å². The molecule has 0 aliphatic carbocycles. The second-order valence-electron chi connectivity index (χ2n) is 5.79. The summed E-state index contributed by atoms with van der Waals surface area (Å²) in [6.07, 6.45) is 8.35. The molecule has 1 aliphatic heterocycles. The fourth-order valence-corrected chi connectivity index (χ4v) is 3.02. The largest absolute Gasteiger partial charge is 0.354 e. The summed E-state index contributed by atoms with van der Waals surface area (Å²) in [4.78, 5) is 23.4. The molecule has 3 rings (SSSR count). The van der Waals surface area contributed by atoms with Crippen LogP contribution in [0.3, 0.4) is 0 Å². The van der Waals surface area contributed by atoms with E-state index in [4.69, 9.17) is 0 Å². The molecule has 1 atom stereocenters. The Hall–Kier alpha value is -2.27. The van der Waals surface area contributed by atoms with Gasteiger partial charge < -0.3 is 5.32 Å². The fraction of sp³-hybridized carbons (Fsp3) is 0.389. The van der Waals surface area contributed by atoms with Gasteiger partial charge in [-0.05, 0) is 49.7 Å². The molecule has 0 bridgehead atoms. The van der Waals surface area contributed by atoms with Crippen LogP contribution in [0.15, 0.2) is 48.9 Å². The number of rotatable bonds is 6. The molecule has 1 fully saturated rings. The van der Waals surface area contributed by atoms with Crippen LogP contribution in [0.2, 0.25) is 0 Å². The van der Waals surface area contributed by atoms with E-state index >= 15 is 0 Å². The highest BCUT2D eigenvalue weighted by atomic mass is 16.2. The van der Waals surface area contributed by atoms with E-state index in [0.717, 1.165) is 43.6 Å². The van der Waals surface area contributed by atoms with E-state index in [1.165, 1.54) is 0 Å². The van der Waals surface area contributed by atoms with Crippen molar-refractivity contribution in [2.45, 2.75) is 25.3 Å². The number of likely N-dealkylation sites (tertiary alicyclic amines) is 1. The molecule has 23 heavy (non-hydrogen) atoms. The van der Waals surface area contributed by atoms with Crippen molar-refractivity contribution in [2.24, 2.45) is 0 Å². The van der Waals surface area contributed by atoms with Crippen LogP contribution in [-0.2, 0) is 11.2 Å². The summed E-state index contributed by atoms with van der Waals surface area (Å²) in [5.41, 5.74) is 1.96. The first-order valence-electron chi connectivity index (χ1n) is 8.16. The van der Waals surface area contributed by atoms with Crippen LogP contribution < -0.4 is 5.32 Å². The molecular formula is C18H22N4O. The number of hydrogen-bond donors (Lipinski definition) is 1. The molecule has 2 aromatic heterocycles. The van der Waals surface area contributed by atoms with Gasteiger partial charge in [0.1, 0.15) is 6.04 Å². The Morgan fingerprint density at radius 3 is 2.74 bits per heavy atom. The van der Waals surface area contributed by atoms with Crippen LogP contribution in [-0.4, -0.2) is 40.4 Å². The summed E-state index contributed by atoms with van der Waals surface area (Å²) in [5.74, 6) is 0.0517. The van der Waals surface area contributed by atoms with Crippen LogP contribution in [0, 0.1) is 0 Å². The zero-order chi connectivity index (χ0) is 15.9. The van der Waals surface area contributed by atoms with Crippen LogP contribution in [0.5, 0.6) is 0 Å². The highest BCUT2D eigenvalue weighted by Gasteiger charge is 2.29. The first kappa shape index (κ1) is 15.6. The maximum absolute atomic E-state index is 12.7. The van der Waals surface area contributed by atoms with Gasteiger partial charge in [0, 0.05) is 37.3 Å². The van der Waals surface area contributed by atoms with Crippen molar-refractivity contribution in [3.05, 3.63) is 60.2 Å². The summed E-state index contributed by atoms with van der Waals surface area (Å²) in [6, 6.07) is 9.47. The normalized spacial score (nSPS) is 16.2. The number of pyridine rings is 2. The Kier molecular flexibility index (Phi) is 5.32. The molecule has 5 heteroatoms. The van der Waals surface area contributed by atoms with Crippen molar-refractivity contribution in [2.75, 3.05) is 19.6 Å². The van der Waals surface area contributed by atoms with Gasteiger partial charge in [-0.15, -0.1) is 0 Å². The first-order chi connectivity index (χ1) is 11.3. The van der Waals surface area contributed by atoms with Crippen LogP contribution in [0.25, 0.3) is 0 Å². The molecular weight excluding hydrogens is 288 g/mol. The third kappa shape index (κ3) is 4.13. The van der Waals surface area contributed by atoms with E-state index in [1.54, 1.807) is 18.6 Å². The van der Waals surface area contributed by atoms with Gasteiger partial charge in [-0.2, -0.15) is 0 Å². The van der Waals surface area contributed by atoms with Gasteiger partial charge in [0.2, 0.25) is 5.91 Å². The fourth-order valence-electron chi connectivity index (χ4n) is 3.02. The molecule has 0 aromatic carbocycles. The van der Waals surface area contributed by atoms with Gasteiger partial charge in [0.25, 0.3) is 0 Å². The van der Waals surface area contributed by atoms with E-state index in [9.17, 15) is 4.79 Å². The predicted molar refractivity (Wildman–Crippen MR) is 88.7 cm³/mol. The number of nitrogens with one attached hydrogen (secondary N) is 1.